The first-order chi connectivity index (χ1) is 13.7. The van der Waals surface area contributed by atoms with Crippen LogP contribution in [0.1, 0.15) is 70.3 Å². The van der Waals surface area contributed by atoms with Gasteiger partial charge in [0.2, 0.25) is 0 Å². The minimum absolute atomic E-state index is 0.383. The van der Waals surface area contributed by atoms with E-state index in [0.29, 0.717) is 36.8 Å². The largest absolute Gasteiger partial charge is 0.426 e. The quantitative estimate of drug-likeness (QED) is 0.302. The zero-order chi connectivity index (χ0) is 21.2. The lowest BCUT2D eigenvalue weighted by atomic mass is 9.69. The first-order valence-electron chi connectivity index (χ1n) is 10.5. The van der Waals surface area contributed by atoms with E-state index in [1.807, 2.05) is 0 Å². The molecule has 0 atom stereocenters. The van der Waals surface area contributed by atoms with Crippen LogP contribution in [-0.4, -0.2) is 5.97 Å². The number of ether oxygens (including phenoxy) is 1. The van der Waals surface area contributed by atoms with Crippen LogP contribution in [0.4, 0.5) is 22.0 Å². The Bertz CT molecular complexity index is 691. The molecule has 0 unspecified atom stereocenters. The molecule has 1 aromatic rings. The van der Waals surface area contributed by atoms with Gasteiger partial charge in [-0.15, -0.1) is 0 Å². The van der Waals surface area contributed by atoms with Crippen molar-refractivity contribution >= 4 is 5.97 Å². The second-order valence-electron chi connectivity index (χ2n) is 8.48. The van der Waals surface area contributed by atoms with E-state index in [0.717, 1.165) is 18.8 Å². The third-order valence-electron chi connectivity index (χ3n) is 6.76. The maximum absolute atomic E-state index is 13.7. The number of benzene rings is 1. The fourth-order valence-corrected chi connectivity index (χ4v) is 4.97. The van der Waals surface area contributed by atoms with Crippen LogP contribution in [0.2, 0.25) is 0 Å². The van der Waals surface area contributed by atoms with Crippen molar-refractivity contribution in [3.63, 3.8) is 0 Å². The second kappa shape index (κ2) is 9.00. The van der Waals surface area contributed by atoms with Gasteiger partial charge >= 0.3 is 12.1 Å². The van der Waals surface area contributed by atoms with Crippen molar-refractivity contribution in [2.24, 2.45) is 23.7 Å². The van der Waals surface area contributed by atoms with E-state index in [1.165, 1.54) is 32.1 Å². The molecule has 0 heterocycles. The summed E-state index contributed by atoms with van der Waals surface area (Å²) in [6, 6.07) is 0.837. The lowest BCUT2D eigenvalue weighted by molar-refractivity contribution is -0.142. The van der Waals surface area contributed by atoms with Gasteiger partial charge < -0.3 is 4.74 Å². The lowest BCUT2D eigenvalue weighted by Gasteiger charge is -2.37. The topological polar surface area (TPSA) is 26.3 Å². The van der Waals surface area contributed by atoms with E-state index < -0.39 is 35.1 Å². The summed E-state index contributed by atoms with van der Waals surface area (Å²) in [6.07, 6.45) is 4.22. The highest BCUT2D eigenvalue weighted by Crippen LogP contribution is 2.42. The summed E-state index contributed by atoms with van der Waals surface area (Å²) in [7, 11) is 0. The van der Waals surface area contributed by atoms with Crippen molar-refractivity contribution in [1.82, 2.24) is 0 Å². The lowest BCUT2D eigenvalue weighted by Crippen LogP contribution is -2.30. The molecule has 29 heavy (non-hydrogen) atoms. The number of halogens is 5. The zero-order valence-corrected chi connectivity index (χ0v) is 16.5. The Morgan fingerprint density at radius 3 is 1.86 bits per heavy atom. The molecule has 0 saturated heterocycles. The summed E-state index contributed by atoms with van der Waals surface area (Å²) in [5, 5.41) is 0. The molecule has 2 nitrogen and oxygen atoms in total. The van der Waals surface area contributed by atoms with Crippen molar-refractivity contribution in [3.05, 3.63) is 29.3 Å². The van der Waals surface area contributed by atoms with Gasteiger partial charge in [0.1, 0.15) is 22.9 Å². The molecule has 2 aliphatic carbocycles. The Labute approximate surface area is 167 Å². The first-order valence-corrected chi connectivity index (χ1v) is 10.5. The summed E-state index contributed by atoms with van der Waals surface area (Å²) < 4.78 is 70.2. The standard InChI is InChI=1S/C22H27F5O2/c1-2-13-3-5-14(6-4-13)15-7-9-16(10-8-15)21(28)29-17-11-18(23)20(19(24)12-17)22(25,26)27/h11-16H,2-10H2,1H3. The van der Waals surface area contributed by atoms with Crippen molar-refractivity contribution in [2.45, 2.75) is 70.9 Å². The zero-order valence-electron chi connectivity index (χ0n) is 16.5. The van der Waals surface area contributed by atoms with Crippen LogP contribution >= 0.6 is 0 Å². The number of hydrogen-bond donors (Lipinski definition) is 0. The van der Waals surface area contributed by atoms with Gasteiger partial charge in [0.15, 0.2) is 0 Å². The van der Waals surface area contributed by atoms with E-state index in [-0.39, 0.29) is 5.92 Å². The summed E-state index contributed by atoms with van der Waals surface area (Å²) >= 11 is 0. The molecule has 0 amide bonds. The highest BCUT2D eigenvalue weighted by Gasteiger charge is 2.38. The van der Waals surface area contributed by atoms with Gasteiger partial charge in [0, 0.05) is 12.1 Å². The van der Waals surface area contributed by atoms with Gasteiger partial charge in [-0.2, -0.15) is 13.2 Å². The molecule has 1 aromatic carbocycles. The summed E-state index contributed by atoms with van der Waals surface area (Å²) in [4.78, 5) is 12.3. The predicted molar refractivity (Wildman–Crippen MR) is 98.2 cm³/mol. The molecular formula is C22H27F5O2. The van der Waals surface area contributed by atoms with Crippen LogP contribution < -0.4 is 4.74 Å². The van der Waals surface area contributed by atoms with E-state index in [2.05, 4.69) is 6.92 Å². The van der Waals surface area contributed by atoms with Gasteiger partial charge in [0.25, 0.3) is 0 Å². The fraction of sp³-hybridized carbons (Fsp3) is 0.682. The van der Waals surface area contributed by atoms with Crippen molar-refractivity contribution in [1.29, 1.82) is 0 Å². The van der Waals surface area contributed by atoms with Crippen LogP contribution in [0.5, 0.6) is 5.75 Å². The van der Waals surface area contributed by atoms with Crippen LogP contribution in [0.25, 0.3) is 0 Å². The molecule has 162 valence electrons. The minimum Gasteiger partial charge on any atom is -0.426 e. The van der Waals surface area contributed by atoms with Gasteiger partial charge in [0.05, 0.1) is 5.92 Å². The Hall–Kier alpha value is -1.66. The van der Waals surface area contributed by atoms with E-state index in [4.69, 9.17) is 4.74 Å². The molecule has 2 fully saturated rings. The number of alkyl halides is 3. The Balaban J connectivity index is 1.54. The minimum atomic E-state index is -5.15. The first kappa shape index (κ1) is 22.0. The third-order valence-corrected chi connectivity index (χ3v) is 6.76. The molecule has 0 radical (unpaired) electrons. The van der Waals surface area contributed by atoms with Crippen molar-refractivity contribution < 1.29 is 31.5 Å². The summed E-state index contributed by atoms with van der Waals surface area (Å²) in [5.41, 5.74) is -1.98. The van der Waals surface area contributed by atoms with Crippen LogP contribution in [0, 0.1) is 35.3 Å². The number of hydrogen-bond acceptors (Lipinski definition) is 2. The predicted octanol–water partition coefficient (Wildman–Crippen LogP) is 6.91. The highest BCUT2D eigenvalue weighted by atomic mass is 19.4. The maximum Gasteiger partial charge on any atom is 0.422 e. The molecule has 0 aromatic heterocycles. The van der Waals surface area contributed by atoms with Gasteiger partial charge in [-0.05, 0) is 56.3 Å². The molecular weight excluding hydrogens is 391 g/mol. The maximum atomic E-state index is 13.7. The smallest absolute Gasteiger partial charge is 0.422 e. The highest BCUT2D eigenvalue weighted by molar-refractivity contribution is 5.75. The van der Waals surface area contributed by atoms with E-state index >= 15 is 0 Å². The molecule has 0 bridgehead atoms. The molecule has 2 aliphatic rings. The van der Waals surface area contributed by atoms with Crippen LogP contribution in [-0.2, 0) is 11.0 Å². The fourth-order valence-electron chi connectivity index (χ4n) is 4.97. The average Bonchev–Trinajstić information content (AvgIpc) is 2.66. The normalized spacial score (nSPS) is 28.2. The Kier molecular flexibility index (Phi) is 6.84. The molecule has 0 spiro atoms. The number of rotatable bonds is 4. The summed E-state index contributed by atoms with van der Waals surface area (Å²) in [6.45, 7) is 2.23. The van der Waals surface area contributed by atoms with E-state index in [9.17, 15) is 26.7 Å². The van der Waals surface area contributed by atoms with E-state index in [1.54, 1.807) is 0 Å². The average molecular weight is 418 g/mol. The number of carbonyl (C=O) groups excluding carboxylic acids is 1. The molecule has 2 saturated carbocycles. The van der Waals surface area contributed by atoms with Gasteiger partial charge in [-0.3, -0.25) is 4.79 Å². The SMILES string of the molecule is CCC1CCC(C2CCC(C(=O)Oc3cc(F)c(C(F)(F)F)c(F)c3)CC2)CC1. The third kappa shape index (κ3) is 5.28. The second-order valence-corrected chi connectivity index (χ2v) is 8.48. The molecule has 3 rings (SSSR count). The Morgan fingerprint density at radius 1 is 0.931 bits per heavy atom. The van der Waals surface area contributed by atoms with Crippen LogP contribution in [0.15, 0.2) is 12.1 Å². The Morgan fingerprint density at radius 2 is 1.41 bits per heavy atom. The van der Waals surface area contributed by atoms with Crippen molar-refractivity contribution in [2.75, 3.05) is 0 Å². The van der Waals surface area contributed by atoms with Crippen molar-refractivity contribution in [3.8, 4) is 5.75 Å². The van der Waals surface area contributed by atoms with Gasteiger partial charge in [-0.1, -0.05) is 26.2 Å². The monoisotopic (exact) mass is 418 g/mol. The molecule has 7 heteroatoms. The van der Waals surface area contributed by atoms with Crippen LogP contribution in [0.3, 0.4) is 0 Å². The number of esters is 1. The molecule has 0 aliphatic heterocycles. The van der Waals surface area contributed by atoms with Gasteiger partial charge in [-0.25, -0.2) is 8.78 Å². The summed E-state index contributed by atoms with van der Waals surface area (Å²) in [5.74, 6) is -2.98. The molecule has 0 N–H and O–H groups in total. The number of carbonyl (C=O) groups is 1.